The Morgan fingerprint density at radius 1 is 1.26 bits per heavy atom. The third-order valence-electron chi connectivity index (χ3n) is 3.69. The van der Waals surface area contributed by atoms with Crippen molar-refractivity contribution in [3.63, 3.8) is 0 Å². The van der Waals surface area contributed by atoms with Gasteiger partial charge in [-0.05, 0) is 43.9 Å². The Kier molecular flexibility index (Phi) is 3.38. The molecule has 1 aromatic carbocycles. The number of rotatable bonds is 5. The maximum atomic E-state index is 5.82. The molecular weight excluding hydrogens is 236 g/mol. The van der Waals surface area contributed by atoms with Crippen molar-refractivity contribution in [1.29, 1.82) is 0 Å². The van der Waals surface area contributed by atoms with E-state index in [1.165, 1.54) is 24.0 Å². The molecule has 3 nitrogen and oxygen atoms in total. The van der Waals surface area contributed by atoms with Crippen LogP contribution in [0, 0.1) is 13.8 Å². The van der Waals surface area contributed by atoms with Gasteiger partial charge in [0.15, 0.2) is 11.7 Å². The molecule has 1 aliphatic rings. The first-order valence-electron chi connectivity index (χ1n) is 6.98. The molecule has 100 valence electrons. The van der Waals surface area contributed by atoms with Crippen LogP contribution in [0.15, 0.2) is 28.8 Å². The highest BCUT2D eigenvalue weighted by molar-refractivity contribution is 5.58. The van der Waals surface area contributed by atoms with Crippen molar-refractivity contribution in [1.82, 2.24) is 10.3 Å². The zero-order valence-corrected chi connectivity index (χ0v) is 11.6. The quantitative estimate of drug-likeness (QED) is 0.892. The highest BCUT2D eigenvalue weighted by Gasteiger charge is 2.20. The number of aryl methyl sites for hydroxylation is 2. The molecule has 0 aliphatic heterocycles. The Balaban J connectivity index is 1.67. The third kappa shape index (κ3) is 3.04. The molecule has 1 saturated carbocycles. The number of oxazole rings is 1. The summed E-state index contributed by atoms with van der Waals surface area (Å²) in [7, 11) is 0. The summed E-state index contributed by atoms with van der Waals surface area (Å²) >= 11 is 0. The summed E-state index contributed by atoms with van der Waals surface area (Å²) in [5.41, 5.74) is 3.69. The van der Waals surface area contributed by atoms with E-state index >= 15 is 0 Å². The molecule has 1 aliphatic carbocycles. The molecular formula is C16H20N2O. The van der Waals surface area contributed by atoms with Crippen molar-refractivity contribution < 1.29 is 4.42 Å². The van der Waals surface area contributed by atoms with E-state index in [9.17, 15) is 0 Å². The van der Waals surface area contributed by atoms with Gasteiger partial charge in [-0.2, -0.15) is 0 Å². The minimum absolute atomic E-state index is 0.745. The van der Waals surface area contributed by atoms with Crippen molar-refractivity contribution >= 4 is 0 Å². The van der Waals surface area contributed by atoms with E-state index in [4.69, 9.17) is 4.42 Å². The summed E-state index contributed by atoms with van der Waals surface area (Å²) in [6.45, 7) is 5.20. The Hall–Kier alpha value is -1.61. The maximum absolute atomic E-state index is 5.82. The van der Waals surface area contributed by atoms with E-state index in [0.717, 1.165) is 36.2 Å². The summed E-state index contributed by atoms with van der Waals surface area (Å²) in [6, 6.07) is 7.12. The monoisotopic (exact) mass is 256 g/mol. The van der Waals surface area contributed by atoms with Gasteiger partial charge in [-0.1, -0.05) is 12.1 Å². The first-order chi connectivity index (χ1) is 9.22. The molecule has 0 amide bonds. The molecule has 0 unspecified atom stereocenters. The van der Waals surface area contributed by atoms with Crippen LogP contribution >= 0.6 is 0 Å². The van der Waals surface area contributed by atoms with Crippen molar-refractivity contribution in [3.8, 4) is 11.3 Å². The Labute approximate surface area is 114 Å². The average Bonchev–Trinajstić information content (AvgIpc) is 3.10. The molecule has 0 radical (unpaired) electrons. The SMILES string of the molecule is Cc1ccc(-c2cnc(CCNC3CC3)o2)cc1C. The van der Waals surface area contributed by atoms with Crippen LogP contribution in [0.5, 0.6) is 0 Å². The van der Waals surface area contributed by atoms with Crippen molar-refractivity contribution in [2.75, 3.05) is 6.54 Å². The second-order valence-electron chi connectivity index (χ2n) is 5.40. The fourth-order valence-electron chi connectivity index (χ4n) is 2.12. The Morgan fingerprint density at radius 3 is 2.84 bits per heavy atom. The first kappa shape index (κ1) is 12.4. The van der Waals surface area contributed by atoms with E-state index in [2.05, 4.69) is 42.3 Å². The molecule has 1 N–H and O–H groups in total. The molecule has 0 spiro atoms. The van der Waals surface area contributed by atoms with E-state index in [-0.39, 0.29) is 0 Å². The Bertz CT molecular complexity index is 570. The van der Waals surface area contributed by atoms with Gasteiger partial charge in [0.25, 0.3) is 0 Å². The zero-order chi connectivity index (χ0) is 13.2. The smallest absolute Gasteiger partial charge is 0.196 e. The number of aromatic nitrogens is 1. The summed E-state index contributed by atoms with van der Waals surface area (Å²) in [4.78, 5) is 4.36. The van der Waals surface area contributed by atoms with Crippen LogP contribution < -0.4 is 5.32 Å². The molecule has 1 fully saturated rings. The molecule has 2 aromatic rings. The van der Waals surface area contributed by atoms with Crippen LogP contribution in [0.25, 0.3) is 11.3 Å². The number of hydrogen-bond donors (Lipinski definition) is 1. The fourth-order valence-corrected chi connectivity index (χ4v) is 2.12. The predicted octanol–water partition coefficient (Wildman–Crippen LogP) is 3.25. The van der Waals surface area contributed by atoms with Gasteiger partial charge in [0.2, 0.25) is 0 Å². The van der Waals surface area contributed by atoms with Crippen LogP contribution in [0.2, 0.25) is 0 Å². The maximum Gasteiger partial charge on any atom is 0.196 e. The van der Waals surface area contributed by atoms with Gasteiger partial charge in [0, 0.05) is 24.6 Å². The van der Waals surface area contributed by atoms with Gasteiger partial charge < -0.3 is 9.73 Å². The molecule has 1 heterocycles. The predicted molar refractivity (Wildman–Crippen MR) is 76.1 cm³/mol. The van der Waals surface area contributed by atoms with E-state index < -0.39 is 0 Å². The number of nitrogens with one attached hydrogen (secondary N) is 1. The van der Waals surface area contributed by atoms with Gasteiger partial charge in [0.05, 0.1) is 6.20 Å². The molecule has 1 aromatic heterocycles. The Morgan fingerprint density at radius 2 is 2.11 bits per heavy atom. The molecule has 0 bridgehead atoms. The number of hydrogen-bond acceptors (Lipinski definition) is 3. The summed E-state index contributed by atoms with van der Waals surface area (Å²) in [5, 5.41) is 3.47. The largest absolute Gasteiger partial charge is 0.441 e. The average molecular weight is 256 g/mol. The lowest BCUT2D eigenvalue weighted by molar-refractivity contribution is 0.494. The standard InChI is InChI=1S/C16H20N2O/c1-11-3-4-13(9-12(11)2)15-10-18-16(19-15)7-8-17-14-5-6-14/h3-4,9-10,14,17H,5-8H2,1-2H3. The second kappa shape index (κ2) is 5.17. The first-order valence-corrected chi connectivity index (χ1v) is 6.98. The van der Waals surface area contributed by atoms with Gasteiger partial charge >= 0.3 is 0 Å². The van der Waals surface area contributed by atoms with Crippen LogP contribution in [-0.2, 0) is 6.42 Å². The normalized spacial score (nSPS) is 14.8. The minimum Gasteiger partial charge on any atom is -0.441 e. The third-order valence-corrected chi connectivity index (χ3v) is 3.69. The molecule has 3 heteroatoms. The van der Waals surface area contributed by atoms with Gasteiger partial charge in [0.1, 0.15) is 0 Å². The van der Waals surface area contributed by atoms with Crippen molar-refractivity contribution in [3.05, 3.63) is 41.4 Å². The van der Waals surface area contributed by atoms with Crippen molar-refractivity contribution in [2.24, 2.45) is 0 Å². The molecule has 0 saturated heterocycles. The van der Waals surface area contributed by atoms with Crippen LogP contribution in [0.1, 0.15) is 29.9 Å². The minimum atomic E-state index is 0.745. The van der Waals surface area contributed by atoms with Gasteiger partial charge in [-0.3, -0.25) is 0 Å². The van der Waals surface area contributed by atoms with Crippen LogP contribution in [0.3, 0.4) is 0 Å². The lowest BCUT2D eigenvalue weighted by Gasteiger charge is -2.02. The second-order valence-corrected chi connectivity index (χ2v) is 5.40. The van der Waals surface area contributed by atoms with Crippen LogP contribution in [0.4, 0.5) is 0 Å². The highest BCUT2D eigenvalue weighted by Crippen LogP contribution is 2.23. The highest BCUT2D eigenvalue weighted by atomic mass is 16.4. The topological polar surface area (TPSA) is 38.1 Å². The van der Waals surface area contributed by atoms with E-state index in [1.807, 2.05) is 6.20 Å². The number of benzene rings is 1. The molecule has 19 heavy (non-hydrogen) atoms. The fraction of sp³-hybridized carbons (Fsp3) is 0.438. The van der Waals surface area contributed by atoms with Gasteiger partial charge in [-0.25, -0.2) is 4.98 Å². The molecule has 0 atom stereocenters. The molecule has 3 rings (SSSR count). The number of nitrogens with zero attached hydrogens (tertiary/aromatic N) is 1. The zero-order valence-electron chi connectivity index (χ0n) is 11.6. The van der Waals surface area contributed by atoms with Crippen LogP contribution in [-0.4, -0.2) is 17.6 Å². The lowest BCUT2D eigenvalue weighted by atomic mass is 10.1. The lowest BCUT2D eigenvalue weighted by Crippen LogP contribution is -2.19. The van der Waals surface area contributed by atoms with Crippen molar-refractivity contribution in [2.45, 2.75) is 39.2 Å². The summed E-state index contributed by atoms with van der Waals surface area (Å²) < 4.78 is 5.82. The van der Waals surface area contributed by atoms with Gasteiger partial charge in [-0.15, -0.1) is 0 Å². The summed E-state index contributed by atoms with van der Waals surface area (Å²) in [5.74, 6) is 1.69. The van der Waals surface area contributed by atoms with E-state index in [1.54, 1.807) is 0 Å². The summed E-state index contributed by atoms with van der Waals surface area (Å²) in [6.07, 6.45) is 5.33. The van der Waals surface area contributed by atoms with E-state index in [0.29, 0.717) is 0 Å².